The van der Waals surface area contributed by atoms with Crippen LogP contribution in [0.15, 0.2) is 23.4 Å². The van der Waals surface area contributed by atoms with E-state index in [0.717, 1.165) is 25.7 Å². The van der Waals surface area contributed by atoms with Crippen LogP contribution in [0.4, 0.5) is 4.79 Å². The summed E-state index contributed by atoms with van der Waals surface area (Å²) in [4.78, 5) is 23.7. The second-order valence-electron chi connectivity index (χ2n) is 5.64. The van der Waals surface area contributed by atoms with Crippen LogP contribution in [-0.4, -0.2) is 24.6 Å². The van der Waals surface area contributed by atoms with Crippen molar-refractivity contribution in [1.29, 1.82) is 0 Å². The van der Waals surface area contributed by atoms with E-state index in [1.807, 2.05) is 0 Å². The van der Waals surface area contributed by atoms with Crippen molar-refractivity contribution in [3.8, 4) is 0 Å². The number of hydrogen-bond acceptors (Lipinski definition) is 3. The number of rotatable bonds is 5. The molecular formula is C16H24N2O3. The molecule has 0 saturated heterocycles. The third-order valence-corrected chi connectivity index (χ3v) is 4.10. The molecule has 1 aliphatic carbocycles. The van der Waals surface area contributed by atoms with Gasteiger partial charge in [-0.15, -0.1) is 0 Å². The Morgan fingerprint density at radius 1 is 1.38 bits per heavy atom. The maximum absolute atomic E-state index is 12.1. The Hall–Kier alpha value is -1.78. The van der Waals surface area contributed by atoms with E-state index in [4.69, 9.17) is 4.74 Å². The molecule has 1 heterocycles. The van der Waals surface area contributed by atoms with Crippen LogP contribution >= 0.6 is 0 Å². The molecule has 1 aliphatic heterocycles. The van der Waals surface area contributed by atoms with E-state index in [0.29, 0.717) is 23.8 Å². The van der Waals surface area contributed by atoms with Gasteiger partial charge in [-0.1, -0.05) is 12.2 Å². The Morgan fingerprint density at radius 3 is 2.86 bits per heavy atom. The fourth-order valence-corrected chi connectivity index (χ4v) is 3.01. The van der Waals surface area contributed by atoms with Gasteiger partial charge in [-0.05, 0) is 51.9 Å². The van der Waals surface area contributed by atoms with E-state index in [9.17, 15) is 9.59 Å². The number of carbonyl (C=O) groups is 2. The van der Waals surface area contributed by atoms with E-state index in [-0.39, 0.29) is 18.0 Å². The van der Waals surface area contributed by atoms with E-state index in [2.05, 4.69) is 22.8 Å². The fraction of sp³-hybridized carbons (Fsp3) is 0.625. The summed E-state index contributed by atoms with van der Waals surface area (Å²) in [5.41, 5.74) is 1.16. The molecular weight excluding hydrogens is 268 g/mol. The van der Waals surface area contributed by atoms with E-state index in [1.165, 1.54) is 6.42 Å². The number of esters is 1. The lowest BCUT2D eigenvalue weighted by Crippen LogP contribution is -2.50. The zero-order valence-corrected chi connectivity index (χ0v) is 12.8. The van der Waals surface area contributed by atoms with Crippen molar-refractivity contribution >= 4 is 12.0 Å². The third-order valence-electron chi connectivity index (χ3n) is 4.10. The van der Waals surface area contributed by atoms with Gasteiger partial charge in [0.1, 0.15) is 0 Å². The molecule has 5 nitrogen and oxygen atoms in total. The summed E-state index contributed by atoms with van der Waals surface area (Å²) < 4.78 is 5.11. The number of amides is 2. The molecule has 0 fully saturated rings. The summed E-state index contributed by atoms with van der Waals surface area (Å²) >= 11 is 0. The number of ether oxygens (including phenoxy) is 1. The van der Waals surface area contributed by atoms with Gasteiger partial charge in [0.25, 0.3) is 0 Å². The fourth-order valence-electron chi connectivity index (χ4n) is 3.01. The Morgan fingerprint density at radius 2 is 2.19 bits per heavy atom. The third kappa shape index (κ3) is 4.09. The van der Waals surface area contributed by atoms with Gasteiger partial charge in [0.05, 0.1) is 18.2 Å². The molecule has 116 valence electrons. The second kappa shape index (κ2) is 7.29. The van der Waals surface area contributed by atoms with Crippen LogP contribution in [0.5, 0.6) is 0 Å². The number of carbonyl (C=O) groups excluding carboxylic acids is 2. The van der Waals surface area contributed by atoms with Gasteiger partial charge in [0, 0.05) is 5.70 Å². The Labute approximate surface area is 125 Å². The van der Waals surface area contributed by atoms with Crippen LogP contribution in [0.25, 0.3) is 0 Å². The average Bonchev–Trinajstić information content (AvgIpc) is 2.45. The molecule has 2 atom stereocenters. The van der Waals surface area contributed by atoms with Crippen molar-refractivity contribution in [3.63, 3.8) is 0 Å². The highest BCUT2D eigenvalue weighted by Gasteiger charge is 2.31. The van der Waals surface area contributed by atoms with E-state index < -0.39 is 0 Å². The average molecular weight is 292 g/mol. The van der Waals surface area contributed by atoms with Crippen molar-refractivity contribution in [2.24, 2.45) is 5.92 Å². The maximum atomic E-state index is 12.1. The first-order valence-electron chi connectivity index (χ1n) is 7.72. The van der Waals surface area contributed by atoms with Crippen LogP contribution < -0.4 is 10.6 Å². The normalized spacial score (nSPS) is 25.3. The standard InChI is InChI=1S/C16H24N2O3/c1-3-21-15(19)14-11(2)17-16(20)18-13(14)10-9-12-7-5-4-6-8-12/h4-5,12-13H,3,6-10H2,1-2H3,(H2,17,18,20). The molecule has 0 saturated carbocycles. The van der Waals surface area contributed by atoms with Crippen molar-refractivity contribution in [2.75, 3.05) is 6.61 Å². The Balaban J connectivity index is 2.03. The first-order chi connectivity index (χ1) is 10.1. The van der Waals surface area contributed by atoms with E-state index >= 15 is 0 Å². The minimum absolute atomic E-state index is 0.242. The summed E-state index contributed by atoms with van der Waals surface area (Å²) in [6.45, 7) is 3.87. The quantitative estimate of drug-likeness (QED) is 0.604. The van der Waals surface area contributed by atoms with Crippen molar-refractivity contribution in [2.45, 2.75) is 52.0 Å². The van der Waals surface area contributed by atoms with Crippen molar-refractivity contribution < 1.29 is 14.3 Å². The maximum Gasteiger partial charge on any atom is 0.337 e. The SMILES string of the molecule is CCOC(=O)C1=C(C)NC(=O)NC1CCC1CC=CCC1. The molecule has 0 spiro atoms. The van der Waals surface area contributed by atoms with E-state index in [1.54, 1.807) is 13.8 Å². The zero-order chi connectivity index (χ0) is 15.2. The molecule has 0 aromatic heterocycles. The minimum Gasteiger partial charge on any atom is -0.463 e. The minimum atomic E-state index is -0.337. The molecule has 2 unspecified atom stereocenters. The molecule has 0 aromatic rings. The van der Waals surface area contributed by atoms with Crippen LogP contribution in [0.1, 0.15) is 46.0 Å². The van der Waals surface area contributed by atoms with Gasteiger partial charge in [0.2, 0.25) is 0 Å². The van der Waals surface area contributed by atoms with Crippen LogP contribution in [-0.2, 0) is 9.53 Å². The predicted molar refractivity (Wildman–Crippen MR) is 80.5 cm³/mol. The van der Waals surface area contributed by atoms with Crippen LogP contribution in [0.3, 0.4) is 0 Å². The summed E-state index contributed by atoms with van der Waals surface area (Å²) in [6, 6.07) is -0.488. The Kier molecular flexibility index (Phi) is 5.42. The van der Waals surface area contributed by atoms with Crippen LogP contribution in [0.2, 0.25) is 0 Å². The largest absolute Gasteiger partial charge is 0.463 e. The first kappa shape index (κ1) is 15.6. The topological polar surface area (TPSA) is 67.4 Å². The van der Waals surface area contributed by atoms with Gasteiger partial charge in [0.15, 0.2) is 0 Å². The van der Waals surface area contributed by atoms with Gasteiger partial charge in [-0.25, -0.2) is 9.59 Å². The molecule has 0 bridgehead atoms. The molecule has 5 heteroatoms. The summed E-state index contributed by atoms with van der Waals surface area (Å²) in [6.07, 6.45) is 9.63. The molecule has 0 aromatic carbocycles. The lowest BCUT2D eigenvalue weighted by molar-refractivity contribution is -0.139. The Bertz CT molecular complexity index is 468. The number of nitrogens with one attached hydrogen (secondary N) is 2. The zero-order valence-electron chi connectivity index (χ0n) is 12.8. The van der Waals surface area contributed by atoms with Gasteiger partial charge in [-0.3, -0.25) is 0 Å². The molecule has 2 rings (SSSR count). The summed E-state index contributed by atoms with van der Waals surface area (Å²) in [7, 11) is 0. The molecule has 2 N–H and O–H groups in total. The van der Waals surface area contributed by atoms with Crippen molar-refractivity contribution in [1.82, 2.24) is 10.6 Å². The highest BCUT2D eigenvalue weighted by atomic mass is 16.5. The van der Waals surface area contributed by atoms with Crippen molar-refractivity contribution in [3.05, 3.63) is 23.4 Å². The number of hydrogen-bond donors (Lipinski definition) is 2. The number of allylic oxidation sites excluding steroid dienone is 3. The lowest BCUT2D eigenvalue weighted by Gasteiger charge is -2.29. The second-order valence-corrected chi connectivity index (χ2v) is 5.64. The highest BCUT2D eigenvalue weighted by Crippen LogP contribution is 2.26. The molecule has 2 aliphatic rings. The lowest BCUT2D eigenvalue weighted by atomic mass is 9.87. The monoisotopic (exact) mass is 292 g/mol. The summed E-state index contributed by atoms with van der Waals surface area (Å²) in [5, 5.41) is 5.50. The molecule has 21 heavy (non-hydrogen) atoms. The summed E-state index contributed by atoms with van der Waals surface area (Å²) in [5.74, 6) is 0.307. The van der Waals surface area contributed by atoms with Gasteiger partial charge >= 0.3 is 12.0 Å². The van der Waals surface area contributed by atoms with Gasteiger partial charge < -0.3 is 15.4 Å². The first-order valence-corrected chi connectivity index (χ1v) is 7.72. The highest BCUT2D eigenvalue weighted by molar-refractivity contribution is 5.94. The van der Waals surface area contributed by atoms with Gasteiger partial charge in [-0.2, -0.15) is 0 Å². The smallest absolute Gasteiger partial charge is 0.337 e. The van der Waals surface area contributed by atoms with Crippen LogP contribution in [0, 0.1) is 5.92 Å². The predicted octanol–water partition coefficient (Wildman–Crippen LogP) is 2.64. The molecule has 0 radical (unpaired) electrons. The number of urea groups is 1. The molecule has 2 amide bonds.